The number of thiophene rings is 1. The Morgan fingerprint density at radius 1 is 1.15 bits per heavy atom. The minimum atomic E-state index is -0.317. The lowest BCUT2D eigenvalue weighted by molar-refractivity contribution is 0.293. The van der Waals surface area contributed by atoms with Gasteiger partial charge >= 0.3 is 0 Å². The molecular weight excluding hydrogens is 273 g/mol. The van der Waals surface area contributed by atoms with E-state index in [-0.39, 0.29) is 5.82 Å². The van der Waals surface area contributed by atoms with Gasteiger partial charge in [-0.05, 0) is 36.7 Å². The van der Waals surface area contributed by atoms with Gasteiger partial charge < -0.3 is 10.1 Å². The van der Waals surface area contributed by atoms with E-state index in [1.165, 1.54) is 10.9 Å². The third kappa shape index (κ3) is 4.62. The molecule has 1 heterocycles. The summed E-state index contributed by atoms with van der Waals surface area (Å²) in [6.45, 7) is 6.68. The molecule has 1 aromatic heterocycles. The molecule has 0 radical (unpaired) electrons. The summed E-state index contributed by atoms with van der Waals surface area (Å²) in [5.41, 5.74) is 0. The highest BCUT2D eigenvalue weighted by molar-refractivity contribution is 7.11. The molecule has 0 saturated carbocycles. The van der Waals surface area contributed by atoms with Gasteiger partial charge in [0, 0.05) is 16.3 Å². The van der Waals surface area contributed by atoms with Crippen LogP contribution < -0.4 is 10.1 Å². The molecule has 2 aromatic rings. The molecular formula is C16H20FNOS. The van der Waals surface area contributed by atoms with Crippen LogP contribution in [0.15, 0.2) is 36.4 Å². The van der Waals surface area contributed by atoms with Gasteiger partial charge in [0.25, 0.3) is 0 Å². The van der Waals surface area contributed by atoms with Crippen LogP contribution in [-0.4, -0.2) is 6.54 Å². The number of hydrogen-bond acceptors (Lipinski definition) is 3. The Bertz CT molecular complexity index is 539. The fraction of sp³-hybridized carbons (Fsp3) is 0.375. The summed E-state index contributed by atoms with van der Waals surface area (Å²) in [7, 11) is 0. The smallest absolute Gasteiger partial charge is 0.165 e. The highest BCUT2D eigenvalue weighted by Crippen LogP contribution is 2.21. The van der Waals surface area contributed by atoms with Crippen LogP contribution in [0.4, 0.5) is 4.39 Å². The number of ether oxygens (including phenoxy) is 1. The van der Waals surface area contributed by atoms with E-state index >= 15 is 0 Å². The largest absolute Gasteiger partial charge is 0.485 e. The van der Waals surface area contributed by atoms with E-state index in [9.17, 15) is 4.39 Å². The SMILES string of the molecule is CC(C)CNCc1ccc(COc2ccccc2F)s1. The average molecular weight is 293 g/mol. The molecule has 2 rings (SSSR count). The molecule has 108 valence electrons. The molecule has 0 aliphatic carbocycles. The summed E-state index contributed by atoms with van der Waals surface area (Å²) in [4.78, 5) is 2.38. The van der Waals surface area contributed by atoms with E-state index in [1.54, 1.807) is 29.5 Å². The molecule has 0 fully saturated rings. The minimum Gasteiger partial charge on any atom is -0.485 e. The quantitative estimate of drug-likeness (QED) is 0.825. The highest BCUT2D eigenvalue weighted by atomic mass is 32.1. The monoisotopic (exact) mass is 293 g/mol. The van der Waals surface area contributed by atoms with Gasteiger partial charge in [0.2, 0.25) is 0 Å². The van der Waals surface area contributed by atoms with Gasteiger partial charge in [-0.25, -0.2) is 4.39 Å². The normalized spacial score (nSPS) is 11.0. The van der Waals surface area contributed by atoms with Crippen LogP contribution in [0, 0.1) is 11.7 Å². The predicted octanol–water partition coefficient (Wildman–Crippen LogP) is 4.21. The number of rotatable bonds is 7. The summed E-state index contributed by atoms with van der Waals surface area (Å²) in [6.07, 6.45) is 0. The topological polar surface area (TPSA) is 21.3 Å². The molecule has 0 bridgehead atoms. The van der Waals surface area contributed by atoms with E-state index in [4.69, 9.17) is 4.74 Å². The zero-order chi connectivity index (χ0) is 14.4. The molecule has 0 unspecified atom stereocenters. The molecule has 1 N–H and O–H groups in total. The van der Waals surface area contributed by atoms with Gasteiger partial charge in [-0.1, -0.05) is 26.0 Å². The van der Waals surface area contributed by atoms with E-state index in [0.717, 1.165) is 18.0 Å². The molecule has 0 spiro atoms. The predicted molar refractivity (Wildman–Crippen MR) is 81.6 cm³/mol. The molecule has 0 aliphatic heterocycles. The van der Waals surface area contributed by atoms with E-state index in [2.05, 4.69) is 25.2 Å². The third-order valence-corrected chi connectivity index (χ3v) is 3.83. The number of para-hydroxylation sites is 1. The van der Waals surface area contributed by atoms with Crippen molar-refractivity contribution in [1.29, 1.82) is 0 Å². The number of nitrogens with one attached hydrogen (secondary N) is 1. The van der Waals surface area contributed by atoms with Crippen molar-refractivity contribution in [3.63, 3.8) is 0 Å². The van der Waals surface area contributed by atoms with Crippen LogP contribution in [0.5, 0.6) is 5.75 Å². The maximum atomic E-state index is 13.4. The van der Waals surface area contributed by atoms with Crippen molar-refractivity contribution in [2.75, 3.05) is 6.54 Å². The lowest BCUT2D eigenvalue weighted by Crippen LogP contribution is -2.18. The highest BCUT2D eigenvalue weighted by Gasteiger charge is 2.04. The lowest BCUT2D eigenvalue weighted by atomic mass is 10.2. The summed E-state index contributed by atoms with van der Waals surface area (Å²) in [5, 5.41) is 3.41. The fourth-order valence-electron chi connectivity index (χ4n) is 1.79. The molecule has 0 amide bonds. The van der Waals surface area contributed by atoms with Crippen molar-refractivity contribution < 1.29 is 9.13 Å². The van der Waals surface area contributed by atoms with Crippen molar-refractivity contribution in [3.8, 4) is 5.75 Å². The zero-order valence-corrected chi connectivity index (χ0v) is 12.7. The summed E-state index contributed by atoms with van der Waals surface area (Å²) in [6, 6.07) is 10.6. The summed E-state index contributed by atoms with van der Waals surface area (Å²) < 4.78 is 18.9. The zero-order valence-electron chi connectivity index (χ0n) is 11.9. The molecule has 0 aliphatic rings. The maximum Gasteiger partial charge on any atom is 0.165 e. The van der Waals surface area contributed by atoms with Crippen molar-refractivity contribution in [2.45, 2.75) is 27.0 Å². The van der Waals surface area contributed by atoms with Crippen LogP contribution >= 0.6 is 11.3 Å². The van der Waals surface area contributed by atoms with Crippen molar-refractivity contribution in [2.24, 2.45) is 5.92 Å². The second-order valence-corrected chi connectivity index (χ2v) is 6.36. The molecule has 0 saturated heterocycles. The van der Waals surface area contributed by atoms with Gasteiger partial charge in [-0.15, -0.1) is 11.3 Å². The van der Waals surface area contributed by atoms with Crippen LogP contribution in [-0.2, 0) is 13.2 Å². The first kappa shape index (κ1) is 15.0. The first-order valence-electron chi connectivity index (χ1n) is 6.81. The third-order valence-electron chi connectivity index (χ3n) is 2.78. The van der Waals surface area contributed by atoms with Crippen LogP contribution in [0.1, 0.15) is 23.6 Å². The van der Waals surface area contributed by atoms with Gasteiger partial charge in [-0.3, -0.25) is 0 Å². The second kappa shape index (κ2) is 7.41. The molecule has 2 nitrogen and oxygen atoms in total. The fourth-order valence-corrected chi connectivity index (χ4v) is 2.69. The van der Waals surface area contributed by atoms with E-state index < -0.39 is 0 Å². The van der Waals surface area contributed by atoms with Crippen LogP contribution in [0.2, 0.25) is 0 Å². The van der Waals surface area contributed by atoms with Crippen LogP contribution in [0.3, 0.4) is 0 Å². The maximum absolute atomic E-state index is 13.4. The Kier molecular flexibility index (Phi) is 5.56. The molecule has 1 aromatic carbocycles. The summed E-state index contributed by atoms with van der Waals surface area (Å²) in [5.74, 6) is 0.641. The van der Waals surface area contributed by atoms with Crippen molar-refractivity contribution in [3.05, 3.63) is 52.0 Å². The standard InChI is InChI=1S/C16H20FNOS/c1-12(2)9-18-10-13-7-8-14(20-13)11-19-16-6-4-3-5-15(16)17/h3-8,12,18H,9-11H2,1-2H3. The first-order valence-corrected chi connectivity index (χ1v) is 7.62. The van der Waals surface area contributed by atoms with Gasteiger partial charge in [0.05, 0.1) is 0 Å². The minimum absolute atomic E-state index is 0.306. The average Bonchev–Trinajstić information content (AvgIpc) is 2.85. The van der Waals surface area contributed by atoms with E-state index in [1.807, 2.05) is 6.07 Å². The van der Waals surface area contributed by atoms with Gasteiger partial charge in [0.1, 0.15) is 6.61 Å². The Morgan fingerprint density at radius 2 is 1.90 bits per heavy atom. The van der Waals surface area contributed by atoms with E-state index in [0.29, 0.717) is 18.3 Å². The number of benzene rings is 1. The Balaban J connectivity index is 1.82. The van der Waals surface area contributed by atoms with Gasteiger partial charge in [-0.2, -0.15) is 0 Å². The molecule has 4 heteroatoms. The molecule has 20 heavy (non-hydrogen) atoms. The summed E-state index contributed by atoms with van der Waals surface area (Å²) >= 11 is 1.70. The lowest BCUT2D eigenvalue weighted by Gasteiger charge is -2.06. The van der Waals surface area contributed by atoms with Gasteiger partial charge in [0.15, 0.2) is 11.6 Å². The van der Waals surface area contributed by atoms with Crippen molar-refractivity contribution in [1.82, 2.24) is 5.32 Å². The van der Waals surface area contributed by atoms with Crippen molar-refractivity contribution >= 4 is 11.3 Å². The number of hydrogen-bond donors (Lipinski definition) is 1. The second-order valence-electron chi connectivity index (χ2n) is 5.11. The molecule has 0 atom stereocenters. The Labute approximate surface area is 123 Å². The Hall–Kier alpha value is -1.39. The first-order chi connectivity index (χ1) is 9.65. The van der Waals surface area contributed by atoms with Crippen LogP contribution in [0.25, 0.3) is 0 Å². The number of halogens is 1. The Morgan fingerprint density at radius 3 is 2.65 bits per heavy atom.